The van der Waals surface area contributed by atoms with Crippen molar-refractivity contribution in [2.24, 2.45) is 5.92 Å². The maximum absolute atomic E-state index is 3.41. The van der Waals surface area contributed by atoms with Gasteiger partial charge in [0.05, 0.1) is 0 Å². The summed E-state index contributed by atoms with van der Waals surface area (Å²) in [5.74, 6) is 0.746. The van der Waals surface area contributed by atoms with Crippen LogP contribution in [0.1, 0.15) is 22.3 Å². The minimum atomic E-state index is 0. The summed E-state index contributed by atoms with van der Waals surface area (Å²) in [4.78, 5) is 0. The molecule has 64 valence electrons. The largest absolute Gasteiger partial charge is 2.00 e. The number of hydrogen-bond acceptors (Lipinski definition) is 0. The summed E-state index contributed by atoms with van der Waals surface area (Å²) in [5, 5.41) is 0. The average Bonchev–Trinajstić information content (AvgIpc) is 1.93. The van der Waals surface area contributed by atoms with E-state index in [0.717, 1.165) is 10.4 Å². The first-order chi connectivity index (χ1) is 5.18. The Morgan fingerprint density at radius 3 is 2.17 bits per heavy atom. The third-order valence-corrected chi connectivity index (χ3v) is 2.09. The second-order valence-electron chi connectivity index (χ2n) is 3.22. The van der Waals surface area contributed by atoms with Crippen molar-refractivity contribution in [3.05, 3.63) is 34.3 Å². The molecule has 0 aliphatic carbocycles. The topological polar surface area (TPSA) is 0 Å². The van der Waals surface area contributed by atoms with E-state index in [2.05, 4.69) is 54.0 Å². The van der Waals surface area contributed by atoms with Crippen molar-refractivity contribution in [2.45, 2.75) is 20.3 Å². The Bertz CT molecular complexity index is 224. The second-order valence-corrected chi connectivity index (χ2v) is 4.14. The smallest absolute Gasteiger partial charge is 1.00 e. The van der Waals surface area contributed by atoms with E-state index in [-0.39, 0.29) is 25.9 Å². The fraction of sp³-hybridized carbons (Fsp3) is 0.400. The van der Waals surface area contributed by atoms with Gasteiger partial charge in [-0.3, -0.25) is 0 Å². The van der Waals surface area contributed by atoms with Crippen LogP contribution in [0.15, 0.2) is 28.7 Å². The van der Waals surface area contributed by atoms with E-state index >= 15 is 0 Å². The predicted octanol–water partition coefficient (Wildman–Crippen LogP) is 3.49. The van der Waals surface area contributed by atoms with E-state index in [4.69, 9.17) is 0 Å². The Morgan fingerprint density at radius 2 is 1.75 bits per heavy atom. The molecule has 0 saturated carbocycles. The minimum Gasteiger partial charge on any atom is -1.00 e. The minimum absolute atomic E-state index is 0. The third kappa shape index (κ3) is 4.48. The van der Waals surface area contributed by atoms with Crippen LogP contribution >= 0.6 is 15.9 Å². The third-order valence-electron chi connectivity index (χ3n) is 1.56. The molecule has 0 fully saturated rings. The zero-order valence-electron chi connectivity index (χ0n) is 9.68. The van der Waals surface area contributed by atoms with Crippen LogP contribution in [0.3, 0.4) is 0 Å². The fourth-order valence-corrected chi connectivity index (χ4v) is 1.36. The summed E-state index contributed by atoms with van der Waals surface area (Å²) in [5.41, 5.74) is 1.42. The van der Waals surface area contributed by atoms with Crippen molar-refractivity contribution >= 4 is 39.0 Å². The zero-order chi connectivity index (χ0) is 8.27. The van der Waals surface area contributed by atoms with Crippen LogP contribution in [0.5, 0.6) is 0 Å². The van der Waals surface area contributed by atoms with Gasteiger partial charge in [-0.25, -0.2) is 0 Å². The van der Waals surface area contributed by atoms with Gasteiger partial charge >= 0.3 is 23.1 Å². The SMILES string of the molecule is CC(C)Cc1ccc(Br)cc1.[H-].[H-].[Mg+2]. The van der Waals surface area contributed by atoms with Crippen molar-refractivity contribution in [3.8, 4) is 0 Å². The number of hydrogen-bond donors (Lipinski definition) is 0. The van der Waals surface area contributed by atoms with Gasteiger partial charge in [-0.1, -0.05) is 41.9 Å². The summed E-state index contributed by atoms with van der Waals surface area (Å²) in [6, 6.07) is 8.53. The number of halogens is 1. The number of benzene rings is 1. The van der Waals surface area contributed by atoms with E-state index in [1.165, 1.54) is 12.0 Å². The first-order valence-corrected chi connectivity index (χ1v) is 4.72. The Labute approximate surface area is 102 Å². The van der Waals surface area contributed by atoms with Gasteiger partial charge in [-0.05, 0) is 30.0 Å². The van der Waals surface area contributed by atoms with E-state index < -0.39 is 0 Å². The molecule has 1 rings (SSSR count). The molecule has 0 aromatic heterocycles. The molecule has 0 bridgehead atoms. The summed E-state index contributed by atoms with van der Waals surface area (Å²) >= 11 is 3.41. The van der Waals surface area contributed by atoms with Gasteiger partial charge in [-0.15, -0.1) is 0 Å². The monoisotopic (exact) mass is 238 g/mol. The Kier molecular flexibility index (Phi) is 6.24. The van der Waals surface area contributed by atoms with Gasteiger partial charge in [0.1, 0.15) is 0 Å². The van der Waals surface area contributed by atoms with E-state index in [1.54, 1.807) is 0 Å². The second kappa shape index (κ2) is 6.00. The molecular formula is C10H15BrMg. The van der Waals surface area contributed by atoms with Crippen LogP contribution in [0.25, 0.3) is 0 Å². The first-order valence-electron chi connectivity index (χ1n) is 3.93. The van der Waals surface area contributed by atoms with Gasteiger partial charge in [0.25, 0.3) is 0 Å². The molecule has 0 amide bonds. The molecular weight excluding hydrogens is 224 g/mol. The van der Waals surface area contributed by atoms with E-state index in [9.17, 15) is 0 Å². The van der Waals surface area contributed by atoms with Crippen LogP contribution < -0.4 is 0 Å². The summed E-state index contributed by atoms with van der Waals surface area (Å²) in [6.45, 7) is 4.48. The van der Waals surface area contributed by atoms with Crippen molar-refractivity contribution in [1.82, 2.24) is 0 Å². The van der Waals surface area contributed by atoms with Gasteiger partial charge in [-0.2, -0.15) is 0 Å². The molecule has 1 aromatic carbocycles. The van der Waals surface area contributed by atoms with Crippen LogP contribution in [0, 0.1) is 5.92 Å². The summed E-state index contributed by atoms with van der Waals surface area (Å²) in [7, 11) is 0. The quantitative estimate of drug-likeness (QED) is 0.693. The molecule has 1 aromatic rings. The molecule has 0 atom stereocenters. The number of rotatable bonds is 2. The molecule has 0 aliphatic heterocycles. The van der Waals surface area contributed by atoms with Gasteiger partial charge in [0.2, 0.25) is 0 Å². The maximum atomic E-state index is 3.41. The van der Waals surface area contributed by atoms with Crippen LogP contribution in [0.2, 0.25) is 0 Å². The first kappa shape index (κ1) is 12.5. The molecule has 0 radical (unpaired) electrons. The van der Waals surface area contributed by atoms with Gasteiger partial charge < -0.3 is 2.85 Å². The van der Waals surface area contributed by atoms with Crippen LogP contribution in [-0.2, 0) is 6.42 Å². The molecule has 0 aliphatic rings. The molecule has 12 heavy (non-hydrogen) atoms. The summed E-state index contributed by atoms with van der Waals surface area (Å²) < 4.78 is 1.16. The Hall–Kier alpha value is 0.466. The molecule has 0 heterocycles. The molecule has 0 nitrogen and oxygen atoms in total. The normalized spacial score (nSPS) is 9.67. The van der Waals surface area contributed by atoms with Crippen molar-refractivity contribution in [2.75, 3.05) is 0 Å². The Balaban J connectivity index is -0.000000403. The summed E-state index contributed by atoms with van der Waals surface area (Å²) in [6.07, 6.45) is 1.17. The average molecular weight is 239 g/mol. The maximum Gasteiger partial charge on any atom is 2.00 e. The molecule has 2 heteroatoms. The van der Waals surface area contributed by atoms with E-state index in [1.807, 2.05) is 0 Å². The molecule has 0 N–H and O–H groups in total. The standard InChI is InChI=1S/C10H13Br.Mg.2H/c1-8(2)7-9-3-5-10(11)6-4-9;;;/h3-6,8H,7H2,1-2H3;;;/q;+2;2*-1. The zero-order valence-corrected chi connectivity index (χ0v) is 10.7. The van der Waals surface area contributed by atoms with Gasteiger partial charge in [0, 0.05) is 4.47 Å². The molecule has 0 spiro atoms. The predicted molar refractivity (Wildman–Crippen MR) is 60.7 cm³/mol. The van der Waals surface area contributed by atoms with E-state index in [0.29, 0.717) is 0 Å². The van der Waals surface area contributed by atoms with Gasteiger partial charge in [0.15, 0.2) is 0 Å². The van der Waals surface area contributed by atoms with Crippen LogP contribution in [-0.4, -0.2) is 23.1 Å². The van der Waals surface area contributed by atoms with Crippen molar-refractivity contribution in [1.29, 1.82) is 0 Å². The van der Waals surface area contributed by atoms with Crippen molar-refractivity contribution in [3.63, 3.8) is 0 Å². The fourth-order valence-electron chi connectivity index (χ4n) is 1.09. The van der Waals surface area contributed by atoms with Crippen molar-refractivity contribution < 1.29 is 2.85 Å². The molecule has 0 unspecified atom stereocenters. The van der Waals surface area contributed by atoms with Crippen LogP contribution in [0.4, 0.5) is 0 Å². The Morgan fingerprint density at radius 1 is 1.25 bits per heavy atom. The molecule has 0 saturated heterocycles.